The Balaban J connectivity index is 1.89. The summed E-state index contributed by atoms with van der Waals surface area (Å²) in [6.07, 6.45) is 3.13. The summed E-state index contributed by atoms with van der Waals surface area (Å²) in [5.74, 6) is 0.581. The van der Waals surface area contributed by atoms with E-state index < -0.39 is 0 Å². The molecule has 6 heteroatoms. The van der Waals surface area contributed by atoms with E-state index in [4.69, 9.17) is 0 Å². The molecule has 1 unspecified atom stereocenters. The molecule has 5 nitrogen and oxygen atoms in total. The van der Waals surface area contributed by atoms with Crippen molar-refractivity contribution < 1.29 is 13.8 Å². The highest BCUT2D eigenvalue weighted by molar-refractivity contribution is 7.94. The van der Waals surface area contributed by atoms with Gasteiger partial charge >= 0.3 is 6.03 Å². The van der Waals surface area contributed by atoms with Gasteiger partial charge in [-0.15, -0.1) is 3.89 Å². The Morgan fingerprint density at radius 3 is 2.76 bits per heavy atom. The molecule has 0 saturated carbocycles. The Bertz CT molecular complexity index is 718. The number of aliphatic hydroxyl groups is 1. The smallest absolute Gasteiger partial charge is 0.438 e. The molecule has 106 valence electrons. The zero-order valence-corrected chi connectivity index (χ0v) is 12.2. The number of anilines is 1. The number of amides is 2. The predicted octanol–water partition coefficient (Wildman–Crippen LogP) is 3.64. The van der Waals surface area contributed by atoms with Crippen molar-refractivity contribution in [2.24, 2.45) is 0 Å². The molecule has 2 N–H and O–H groups in total. The molecule has 1 aromatic heterocycles. The second-order valence-corrected chi connectivity index (χ2v) is 6.12. The van der Waals surface area contributed by atoms with Crippen LogP contribution in [0, 0.1) is 0 Å². The van der Waals surface area contributed by atoms with Crippen LogP contribution in [0.25, 0.3) is 5.76 Å². The number of pyridine rings is 1. The molecule has 0 aliphatic carbocycles. The van der Waals surface area contributed by atoms with E-state index in [0.717, 1.165) is 10.5 Å². The van der Waals surface area contributed by atoms with Gasteiger partial charge in [0.25, 0.3) is 0 Å². The first-order valence-electron chi connectivity index (χ1n) is 6.38. The lowest BCUT2D eigenvalue weighted by Gasteiger charge is -2.28. The maximum Gasteiger partial charge on any atom is 0.438 e. The van der Waals surface area contributed by atoms with Gasteiger partial charge in [0.15, 0.2) is 12.0 Å². The number of nitrogens with one attached hydrogen (secondary N) is 1. The summed E-state index contributed by atoms with van der Waals surface area (Å²) in [5, 5.41) is 12.9. The van der Waals surface area contributed by atoms with Gasteiger partial charge in [-0.2, -0.15) is 0 Å². The van der Waals surface area contributed by atoms with Crippen LogP contribution in [0.5, 0.6) is 0 Å². The highest BCUT2D eigenvalue weighted by Crippen LogP contribution is 2.40. The van der Waals surface area contributed by atoms with Crippen LogP contribution in [0.2, 0.25) is 0 Å². The van der Waals surface area contributed by atoms with E-state index in [1.165, 1.54) is 18.1 Å². The van der Waals surface area contributed by atoms with Crippen molar-refractivity contribution in [3.8, 4) is 0 Å². The van der Waals surface area contributed by atoms with Crippen LogP contribution in [0.15, 0.2) is 59.8 Å². The van der Waals surface area contributed by atoms with Crippen molar-refractivity contribution in [3.05, 3.63) is 60.4 Å². The summed E-state index contributed by atoms with van der Waals surface area (Å²) in [5.41, 5.74) is 0.740. The average molecular weight is 300 g/mol. The molecule has 0 saturated heterocycles. The minimum Gasteiger partial charge on any atom is -0.503 e. The number of benzene rings is 1. The van der Waals surface area contributed by atoms with Crippen LogP contribution in [0.1, 0.15) is 5.56 Å². The Morgan fingerprint density at radius 1 is 1.24 bits per heavy atom. The lowest BCUT2D eigenvalue weighted by molar-refractivity contribution is -0.620. The molecule has 3 rings (SSSR count). The molecule has 21 heavy (non-hydrogen) atoms. The number of fused-ring (bicyclic) bond motifs is 1. The van der Waals surface area contributed by atoms with E-state index in [1.807, 2.05) is 24.3 Å². The van der Waals surface area contributed by atoms with Crippen LogP contribution in [-0.2, 0) is 0 Å². The maximum absolute atomic E-state index is 12.5. The lowest BCUT2D eigenvalue weighted by atomic mass is 10.2. The number of carbonyl (C=O) groups is 1. The SMILES string of the molecule is C[N+]1(C(=O)Nc2ccccn2)C=C(O)c2ccccc2S1. The van der Waals surface area contributed by atoms with Crippen molar-refractivity contribution in [3.63, 3.8) is 0 Å². The fraction of sp³-hybridized carbons (Fsp3) is 0.0667. The highest BCUT2D eigenvalue weighted by Gasteiger charge is 2.39. The number of aromatic nitrogens is 1. The highest BCUT2D eigenvalue weighted by atomic mass is 32.2. The van der Waals surface area contributed by atoms with E-state index in [0.29, 0.717) is 5.82 Å². The quantitative estimate of drug-likeness (QED) is 0.623. The monoisotopic (exact) mass is 300 g/mol. The third-order valence-electron chi connectivity index (χ3n) is 3.12. The second-order valence-electron chi connectivity index (χ2n) is 4.74. The second kappa shape index (κ2) is 5.23. The van der Waals surface area contributed by atoms with Gasteiger partial charge in [0.2, 0.25) is 0 Å². The van der Waals surface area contributed by atoms with Gasteiger partial charge in [0.05, 0.1) is 11.9 Å². The number of hydrogen-bond acceptors (Lipinski definition) is 4. The van der Waals surface area contributed by atoms with Gasteiger partial charge in [0, 0.05) is 11.8 Å². The molecule has 1 aromatic carbocycles. The van der Waals surface area contributed by atoms with Gasteiger partial charge in [-0.1, -0.05) is 18.2 Å². The summed E-state index contributed by atoms with van der Waals surface area (Å²) >= 11 is 1.35. The molecule has 1 aliphatic heterocycles. The molecule has 0 spiro atoms. The molecule has 2 aromatic rings. The molecule has 0 radical (unpaired) electrons. The Morgan fingerprint density at radius 2 is 2.00 bits per heavy atom. The van der Waals surface area contributed by atoms with E-state index >= 15 is 0 Å². The van der Waals surface area contributed by atoms with Gasteiger partial charge in [0.1, 0.15) is 17.8 Å². The average Bonchev–Trinajstić information content (AvgIpc) is 2.48. The van der Waals surface area contributed by atoms with E-state index in [-0.39, 0.29) is 15.7 Å². The van der Waals surface area contributed by atoms with Crippen molar-refractivity contribution in [2.75, 3.05) is 12.4 Å². The molecule has 2 heterocycles. The molecular formula is C15H14N3O2S+. The zero-order chi connectivity index (χ0) is 14.9. The van der Waals surface area contributed by atoms with Crippen LogP contribution >= 0.6 is 11.9 Å². The fourth-order valence-electron chi connectivity index (χ4n) is 2.05. The number of urea groups is 1. The van der Waals surface area contributed by atoms with Gasteiger partial charge in [-0.3, -0.25) is 5.32 Å². The topological polar surface area (TPSA) is 62.2 Å². The Labute approximate surface area is 126 Å². The van der Waals surface area contributed by atoms with Crippen molar-refractivity contribution in [2.45, 2.75) is 4.90 Å². The summed E-state index contributed by atoms with van der Waals surface area (Å²) < 4.78 is -0.139. The Hall–Kier alpha value is -2.31. The van der Waals surface area contributed by atoms with Crippen molar-refractivity contribution in [1.29, 1.82) is 0 Å². The van der Waals surface area contributed by atoms with Crippen LogP contribution in [0.3, 0.4) is 0 Å². The van der Waals surface area contributed by atoms with Gasteiger partial charge < -0.3 is 5.11 Å². The third-order valence-corrected chi connectivity index (χ3v) is 4.33. The summed E-state index contributed by atoms with van der Waals surface area (Å²) in [6, 6.07) is 12.5. The number of hydrogen-bond donors (Lipinski definition) is 2. The first-order valence-corrected chi connectivity index (χ1v) is 7.15. The largest absolute Gasteiger partial charge is 0.503 e. The number of aliphatic hydroxyl groups excluding tert-OH is 1. The number of carbonyl (C=O) groups excluding carboxylic acids is 1. The standard InChI is InChI=1S/C15H13N3O2S/c1-18(15(20)17-14-8-4-5-9-16-14)10-12(19)11-6-2-3-7-13(11)21-18/h2-10H,1H3,(H-,16,17,19,20)/p+1. The normalized spacial score (nSPS) is 20.3. The number of nitrogens with zero attached hydrogens (tertiary/aromatic N) is 2. The lowest BCUT2D eigenvalue weighted by Crippen LogP contribution is -2.42. The van der Waals surface area contributed by atoms with Crippen LogP contribution in [-0.4, -0.2) is 27.1 Å². The van der Waals surface area contributed by atoms with Crippen molar-refractivity contribution in [1.82, 2.24) is 4.98 Å². The minimum absolute atomic E-state index is 0.100. The first-order chi connectivity index (χ1) is 10.1. The van der Waals surface area contributed by atoms with Crippen LogP contribution in [0.4, 0.5) is 10.6 Å². The van der Waals surface area contributed by atoms with Gasteiger partial charge in [-0.25, -0.2) is 9.78 Å². The molecule has 0 bridgehead atoms. The summed E-state index contributed by atoms with van der Waals surface area (Å²) in [7, 11) is 1.72. The molecular weight excluding hydrogens is 286 g/mol. The molecule has 0 fully saturated rings. The summed E-state index contributed by atoms with van der Waals surface area (Å²) in [6.45, 7) is 0. The Kier molecular flexibility index (Phi) is 3.40. The molecule has 1 atom stereocenters. The summed E-state index contributed by atoms with van der Waals surface area (Å²) in [4.78, 5) is 17.4. The minimum atomic E-state index is -0.278. The van der Waals surface area contributed by atoms with Crippen LogP contribution < -0.4 is 5.32 Å². The van der Waals surface area contributed by atoms with Crippen molar-refractivity contribution >= 4 is 29.6 Å². The molecule has 2 amide bonds. The fourth-order valence-corrected chi connectivity index (χ4v) is 3.15. The number of rotatable bonds is 1. The predicted molar refractivity (Wildman–Crippen MR) is 82.3 cm³/mol. The van der Waals surface area contributed by atoms with E-state index in [2.05, 4.69) is 10.3 Å². The van der Waals surface area contributed by atoms with Gasteiger partial charge in [-0.05, 0) is 24.3 Å². The van der Waals surface area contributed by atoms with E-state index in [1.54, 1.807) is 31.4 Å². The zero-order valence-electron chi connectivity index (χ0n) is 11.4. The van der Waals surface area contributed by atoms with E-state index in [9.17, 15) is 9.90 Å². The first kappa shape index (κ1) is 13.7. The molecule has 1 aliphatic rings. The number of quaternary nitrogens is 1. The third kappa shape index (κ3) is 2.63. The maximum atomic E-state index is 12.5.